The third-order valence-corrected chi connectivity index (χ3v) is 3.16. The second-order valence-corrected chi connectivity index (χ2v) is 4.83. The third kappa shape index (κ3) is 3.31. The number of anilines is 2. The molecule has 4 N–H and O–H groups in total. The normalized spacial score (nSPS) is 12.0. The summed E-state index contributed by atoms with van der Waals surface area (Å²) in [7, 11) is 1.88. The predicted octanol–water partition coefficient (Wildman–Crippen LogP) is 1.32. The fourth-order valence-corrected chi connectivity index (χ4v) is 2.08. The van der Waals surface area contributed by atoms with Crippen molar-refractivity contribution in [3.05, 3.63) is 35.9 Å². The molecular formula is C14H20N6O. The molecule has 0 bridgehead atoms. The Kier molecular flexibility index (Phi) is 4.42. The van der Waals surface area contributed by atoms with Crippen LogP contribution in [0.15, 0.2) is 24.5 Å². The second kappa shape index (κ2) is 6.25. The number of nitrogen functional groups attached to an aromatic ring is 1. The minimum absolute atomic E-state index is 0.0462. The van der Waals surface area contributed by atoms with Gasteiger partial charge in [-0.25, -0.2) is 0 Å². The molecule has 0 fully saturated rings. The maximum Gasteiger partial charge on any atom is 0.251 e. The highest BCUT2D eigenvalue weighted by Crippen LogP contribution is 2.24. The first-order valence-electron chi connectivity index (χ1n) is 6.81. The molecule has 0 radical (unpaired) electrons. The Morgan fingerprint density at radius 3 is 2.81 bits per heavy atom. The zero-order valence-corrected chi connectivity index (χ0v) is 12.4. The molecule has 0 saturated carbocycles. The van der Waals surface area contributed by atoms with Crippen molar-refractivity contribution in [3.63, 3.8) is 0 Å². The van der Waals surface area contributed by atoms with E-state index in [9.17, 15) is 4.79 Å². The molecule has 1 aromatic heterocycles. The summed E-state index contributed by atoms with van der Waals surface area (Å²) in [6, 6.07) is 5.16. The number of aryl methyl sites for hydroxylation is 1. The van der Waals surface area contributed by atoms with Gasteiger partial charge < -0.3 is 20.9 Å². The maximum atomic E-state index is 11.8. The monoisotopic (exact) mass is 288 g/mol. The smallest absolute Gasteiger partial charge is 0.251 e. The van der Waals surface area contributed by atoms with Gasteiger partial charge in [0, 0.05) is 19.2 Å². The molecule has 1 atom stereocenters. The molecule has 2 aromatic rings. The highest BCUT2D eigenvalue weighted by molar-refractivity contribution is 5.96. The standard InChI is InChI=1S/C14H20N6O/c1-4-16-14(21)10-5-6-12(11(15)7-10)18-9(2)13-19-17-8-20(13)3/h5-9,18H,4,15H2,1-3H3,(H,16,21). The molecule has 0 aliphatic rings. The van der Waals surface area contributed by atoms with E-state index in [2.05, 4.69) is 20.8 Å². The Morgan fingerprint density at radius 2 is 2.24 bits per heavy atom. The van der Waals surface area contributed by atoms with Gasteiger partial charge in [0.2, 0.25) is 0 Å². The lowest BCUT2D eigenvalue weighted by Crippen LogP contribution is -2.22. The van der Waals surface area contributed by atoms with Crippen LogP contribution in [0.4, 0.5) is 11.4 Å². The van der Waals surface area contributed by atoms with E-state index in [-0.39, 0.29) is 11.9 Å². The van der Waals surface area contributed by atoms with Gasteiger partial charge in [0.1, 0.15) is 6.33 Å². The van der Waals surface area contributed by atoms with Crippen molar-refractivity contribution in [1.82, 2.24) is 20.1 Å². The van der Waals surface area contributed by atoms with Crippen LogP contribution in [0.3, 0.4) is 0 Å². The van der Waals surface area contributed by atoms with Crippen molar-refractivity contribution in [2.24, 2.45) is 7.05 Å². The molecule has 2 rings (SSSR count). The summed E-state index contributed by atoms with van der Waals surface area (Å²) < 4.78 is 1.84. The second-order valence-electron chi connectivity index (χ2n) is 4.83. The largest absolute Gasteiger partial charge is 0.397 e. The van der Waals surface area contributed by atoms with Crippen LogP contribution >= 0.6 is 0 Å². The minimum Gasteiger partial charge on any atom is -0.397 e. The summed E-state index contributed by atoms with van der Waals surface area (Å²) in [5.74, 6) is 0.680. The average Bonchev–Trinajstić information content (AvgIpc) is 2.87. The molecule has 0 saturated heterocycles. The number of amides is 1. The van der Waals surface area contributed by atoms with E-state index in [1.807, 2.05) is 25.5 Å². The van der Waals surface area contributed by atoms with Gasteiger partial charge in [0.05, 0.1) is 17.4 Å². The van der Waals surface area contributed by atoms with Crippen molar-refractivity contribution in [2.75, 3.05) is 17.6 Å². The lowest BCUT2D eigenvalue weighted by Gasteiger charge is -2.16. The van der Waals surface area contributed by atoms with Gasteiger partial charge in [-0.2, -0.15) is 0 Å². The number of hydrogen-bond acceptors (Lipinski definition) is 5. The fourth-order valence-electron chi connectivity index (χ4n) is 2.08. The zero-order chi connectivity index (χ0) is 15.4. The summed E-state index contributed by atoms with van der Waals surface area (Å²) >= 11 is 0. The molecule has 1 heterocycles. The summed E-state index contributed by atoms with van der Waals surface area (Å²) in [6.45, 7) is 4.43. The molecule has 0 spiro atoms. The lowest BCUT2D eigenvalue weighted by atomic mass is 10.1. The van der Waals surface area contributed by atoms with Crippen molar-refractivity contribution in [2.45, 2.75) is 19.9 Å². The minimum atomic E-state index is -0.128. The maximum absolute atomic E-state index is 11.8. The first-order chi connectivity index (χ1) is 10.0. The predicted molar refractivity (Wildman–Crippen MR) is 81.9 cm³/mol. The van der Waals surface area contributed by atoms with E-state index >= 15 is 0 Å². The Labute approximate surface area is 123 Å². The van der Waals surface area contributed by atoms with E-state index in [1.54, 1.807) is 24.5 Å². The highest BCUT2D eigenvalue weighted by atomic mass is 16.1. The molecule has 7 nitrogen and oxygen atoms in total. The Morgan fingerprint density at radius 1 is 1.48 bits per heavy atom. The number of carbonyl (C=O) groups excluding carboxylic acids is 1. The van der Waals surface area contributed by atoms with Crippen LogP contribution in [0.2, 0.25) is 0 Å². The number of nitrogens with one attached hydrogen (secondary N) is 2. The fraction of sp³-hybridized carbons (Fsp3) is 0.357. The van der Waals surface area contributed by atoms with E-state index in [1.165, 1.54) is 0 Å². The van der Waals surface area contributed by atoms with Crippen LogP contribution in [-0.4, -0.2) is 27.2 Å². The number of aromatic nitrogens is 3. The van der Waals surface area contributed by atoms with Gasteiger partial charge in [0.15, 0.2) is 5.82 Å². The first kappa shape index (κ1) is 14.8. The number of nitrogens with zero attached hydrogens (tertiary/aromatic N) is 3. The quantitative estimate of drug-likeness (QED) is 0.721. The van der Waals surface area contributed by atoms with Crippen LogP contribution in [0, 0.1) is 0 Å². The van der Waals surface area contributed by atoms with Crippen molar-refractivity contribution < 1.29 is 4.79 Å². The van der Waals surface area contributed by atoms with Gasteiger partial charge >= 0.3 is 0 Å². The Hall–Kier alpha value is -2.57. The molecular weight excluding hydrogens is 268 g/mol. The third-order valence-electron chi connectivity index (χ3n) is 3.16. The zero-order valence-electron chi connectivity index (χ0n) is 12.4. The number of carbonyl (C=O) groups is 1. The van der Waals surface area contributed by atoms with E-state index in [4.69, 9.17) is 5.73 Å². The van der Waals surface area contributed by atoms with Gasteiger partial charge in [0.25, 0.3) is 5.91 Å². The van der Waals surface area contributed by atoms with Gasteiger partial charge in [-0.15, -0.1) is 10.2 Å². The van der Waals surface area contributed by atoms with Crippen LogP contribution in [0.1, 0.15) is 36.1 Å². The van der Waals surface area contributed by atoms with Crippen molar-refractivity contribution in [3.8, 4) is 0 Å². The molecule has 1 amide bonds. The summed E-state index contributed by atoms with van der Waals surface area (Å²) in [5, 5.41) is 13.9. The molecule has 0 aliphatic heterocycles. The molecule has 7 heteroatoms. The van der Waals surface area contributed by atoms with Crippen molar-refractivity contribution >= 4 is 17.3 Å². The molecule has 1 aromatic carbocycles. The SMILES string of the molecule is CCNC(=O)c1ccc(NC(C)c2nncn2C)c(N)c1. The lowest BCUT2D eigenvalue weighted by molar-refractivity contribution is 0.0956. The molecule has 0 aliphatic carbocycles. The van der Waals surface area contributed by atoms with E-state index in [0.717, 1.165) is 11.5 Å². The average molecular weight is 288 g/mol. The number of rotatable bonds is 5. The summed E-state index contributed by atoms with van der Waals surface area (Å²) in [5.41, 5.74) is 7.84. The molecule has 1 unspecified atom stereocenters. The summed E-state index contributed by atoms with van der Waals surface area (Å²) in [4.78, 5) is 11.8. The van der Waals surface area contributed by atoms with Crippen LogP contribution in [-0.2, 0) is 7.05 Å². The van der Waals surface area contributed by atoms with Crippen molar-refractivity contribution in [1.29, 1.82) is 0 Å². The summed E-state index contributed by atoms with van der Waals surface area (Å²) in [6.07, 6.45) is 1.65. The number of benzene rings is 1. The van der Waals surface area contributed by atoms with Crippen LogP contribution < -0.4 is 16.4 Å². The van der Waals surface area contributed by atoms with Crippen LogP contribution in [0.25, 0.3) is 0 Å². The number of nitrogens with two attached hydrogens (primary N) is 1. The van der Waals surface area contributed by atoms with Gasteiger partial charge in [-0.3, -0.25) is 4.79 Å². The Balaban J connectivity index is 2.14. The van der Waals surface area contributed by atoms with Gasteiger partial charge in [-0.1, -0.05) is 0 Å². The van der Waals surface area contributed by atoms with Crippen LogP contribution in [0.5, 0.6) is 0 Å². The Bertz CT molecular complexity index is 636. The molecule has 112 valence electrons. The highest BCUT2D eigenvalue weighted by Gasteiger charge is 2.13. The molecule has 21 heavy (non-hydrogen) atoms. The van der Waals surface area contributed by atoms with E-state index in [0.29, 0.717) is 17.8 Å². The topological polar surface area (TPSA) is 97.9 Å². The van der Waals surface area contributed by atoms with E-state index < -0.39 is 0 Å². The number of hydrogen-bond donors (Lipinski definition) is 3. The van der Waals surface area contributed by atoms with Gasteiger partial charge in [-0.05, 0) is 32.0 Å². The first-order valence-corrected chi connectivity index (χ1v) is 6.81.